The molecule has 0 bridgehead atoms. The summed E-state index contributed by atoms with van der Waals surface area (Å²) < 4.78 is 65.4. The van der Waals surface area contributed by atoms with Gasteiger partial charge in [-0.1, -0.05) is 12.1 Å². The number of sulfonamides is 1. The van der Waals surface area contributed by atoms with E-state index in [1.54, 1.807) is 0 Å². The summed E-state index contributed by atoms with van der Waals surface area (Å²) in [7, 11) is -3.71. The third-order valence-corrected chi connectivity index (χ3v) is 5.60. The van der Waals surface area contributed by atoms with Gasteiger partial charge < -0.3 is 10.0 Å². The maximum absolute atomic E-state index is 13.2. The first-order valence-corrected chi connectivity index (χ1v) is 9.27. The number of carbonyl (C=O) groups excluding carboxylic acids is 1. The zero-order valence-electron chi connectivity index (χ0n) is 13.7. The molecule has 0 saturated carbocycles. The van der Waals surface area contributed by atoms with Gasteiger partial charge in [-0.2, -0.15) is 13.2 Å². The van der Waals surface area contributed by atoms with E-state index in [1.807, 2.05) is 0 Å². The monoisotopic (exact) mass is 394 g/mol. The number of rotatable bonds is 5. The Hall–Kier alpha value is -2.30. The normalized spacial score (nSPS) is 20.8. The summed E-state index contributed by atoms with van der Waals surface area (Å²) in [5, 5.41) is 9.06. The van der Waals surface area contributed by atoms with E-state index in [1.165, 1.54) is 31.2 Å². The topological polar surface area (TPSA) is 104 Å². The lowest BCUT2D eigenvalue weighted by Gasteiger charge is -2.27. The predicted molar refractivity (Wildman–Crippen MR) is 86.2 cm³/mol. The third kappa shape index (κ3) is 3.62. The van der Waals surface area contributed by atoms with Crippen molar-refractivity contribution in [3.05, 3.63) is 29.8 Å². The molecular formula is C15H17F3N2O5S. The molecular weight excluding hydrogens is 377 g/mol. The molecule has 144 valence electrons. The van der Waals surface area contributed by atoms with Crippen molar-refractivity contribution in [1.82, 2.24) is 4.90 Å². The Morgan fingerprint density at radius 2 is 1.92 bits per heavy atom. The molecule has 1 aromatic rings. The summed E-state index contributed by atoms with van der Waals surface area (Å²) >= 11 is 0. The average molecular weight is 394 g/mol. The number of hydrogen-bond acceptors (Lipinski definition) is 4. The molecule has 1 amide bonds. The van der Waals surface area contributed by atoms with E-state index in [0.29, 0.717) is 0 Å². The van der Waals surface area contributed by atoms with Gasteiger partial charge in [-0.05, 0) is 25.5 Å². The van der Waals surface area contributed by atoms with Crippen molar-refractivity contribution in [2.45, 2.75) is 19.5 Å². The number of benzene rings is 1. The number of alkyl halides is 3. The van der Waals surface area contributed by atoms with E-state index in [-0.39, 0.29) is 17.0 Å². The van der Waals surface area contributed by atoms with Gasteiger partial charge in [-0.15, -0.1) is 0 Å². The molecule has 1 aliphatic rings. The van der Waals surface area contributed by atoms with Crippen molar-refractivity contribution < 1.29 is 36.3 Å². The summed E-state index contributed by atoms with van der Waals surface area (Å²) in [6.45, 7) is -0.0448. The molecule has 2 N–H and O–H groups in total. The fourth-order valence-corrected chi connectivity index (χ4v) is 3.34. The Bertz CT molecular complexity index is 825. The van der Waals surface area contributed by atoms with Gasteiger partial charge in [0.1, 0.15) is 0 Å². The summed E-state index contributed by atoms with van der Waals surface area (Å²) in [5.41, 5.74) is -3.24. The molecule has 0 radical (unpaired) electrons. The van der Waals surface area contributed by atoms with E-state index >= 15 is 0 Å². The second kappa shape index (κ2) is 6.78. The minimum Gasteiger partial charge on any atom is -0.481 e. The third-order valence-electron chi connectivity index (χ3n) is 4.31. The second-order valence-corrected chi connectivity index (χ2v) is 7.92. The molecule has 2 rings (SSSR count). The molecule has 0 spiro atoms. The van der Waals surface area contributed by atoms with Crippen LogP contribution in [0.25, 0.3) is 0 Å². The van der Waals surface area contributed by atoms with Gasteiger partial charge in [0.2, 0.25) is 10.0 Å². The van der Waals surface area contributed by atoms with Crippen molar-refractivity contribution in [2.75, 3.05) is 23.6 Å². The molecule has 1 fully saturated rings. The number of nitrogens with zero attached hydrogens (tertiary/aromatic N) is 1. The highest BCUT2D eigenvalue weighted by Crippen LogP contribution is 2.46. The summed E-state index contributed by atoms with van der Waals surface area (Å²) in [6, 6.07) is 5.47. The van der Waals surface area contributed by atoms with Gasteiger partial charge >= 0.3 is 12.1 Å². The number of halogens is 3. The first-order valence-electron chi connectivity index (χ1n) is 7.62. The van der Waals surface area contributed by atoms with Gasteiger partial charge in [-0.25, -0.2) is 8.42 Å². The highest BCUT2D eigenvalue weighted by Gasteiger charge is 2.64. The molecule has 1 heterocycles. The lowest BCUT2D eigenvalue weighted by Crippen LogP contribution is -2.47. The Labute approximate surface area is 147 Å². The minimum absolute atomic E-state index is 0.0702. The molecule has 7 nitrogen and oxygen atoms in total. The van der Waals surface area contributed by atoms with Crippen LogP contribution in [0.3, 0.4) is 0 Å². The van der Waals surface area contributed by atoms with Crippen LogP contribution in [0.15, 0.2) is 24.3 Å². The van der Waals surface area contributed by atoms with Crippen LogP contribution in [-0.2, 0) is 14.8 Å². The van der Waals surface area contributed by atoms with Crippen LogP contribution >= 0.6 is 0 Å². The highest BCUT2D eigenvalue weighted by molar-refractivity contribution is 7.92. The van der Waals surface area contributed by atoms with E-state index in [9.17, 15) is 31.2 Å². The van der Waals surface area contributed by atoms with Gasteiger partial charge in [0.15, 0.2) is 5.41 Å². The second-order valence-electron chi connectivity index (χ2n) is 5.91. The van der Waals surface area contributed by atoms with Crippen LogP contribution in [0.4, 0.5) is 18.9 Å². The van der Waals surface area contributed by atoms with Crippen molar-refractivity contribution in [1.29, 1.82) is 0 Å². The maximum atomic E-state index is 13.2. The number of likely N-dealkylation sites (tertiary alicyclic amines) is 1. The number of carbonyl (C=O) groups is 2. The zero-order valence-corrected chi connectivity index (χ0v) is 14.5. The number of anilines is 1. The number of carboxylic acids is 1. The molecule has 1 saturated heterocycles. The number of carboxylic acid groups (broad SMARTS) is 1. The standard InChI is InChI=1S/C15H17F3N2O5S/c1-2-26(24,25)19-11-6-4-3-5-10(11)12(21)20-8-7-14(9-20,13(22)23)15(16,17)18/h3-6,19H,2,7-9H2,1H3,(H,22,23). The number of hydrogen-bond donors (Lipinski definition) is 2. The molecule has 0 aliphatic carbocycles. The smallest absolute Gasteiger partial charge is 0.406 e. The highest BCUT2D eigenvalue weighted by atomic mass is 32.2. The number of para-hydroxylation sites is 1. The minimum atomic E-state index is -5.02. The van der Waals surface area contributed by atoms with Crippen molar-refractivity contribution in [2.24, 2.45) is 5.41 Å². The number of aliphatic carboxylic acids is 1. The van der Waals surface area contributed by atoms with Crippen molar-refractivity contribution in [3.63, 3.8) is 0 Å². The largest absolute Gasteiger partial charge is 0.481 e. The van der Waals surface area contributed by atoms with Gasteiger partial charge in [-0.3, -0.25) is 14.3 Å². The van der Waals surface area contributed by atoms with E-state index in [4.69, 9.17) is 5.11 Å². The van der Waals surface area contributed by atoms with Crippen LogP contribution in [0.2, 0.25) is 0 Å². The summed E-state index contributed by atoms with van der Waals surface area (Å²) in [4.78, 5) is 24.6. The van der Waals surface area contributed by atoms with Gasteiger partial charge in [0.25, 0.3) is 5.91 Å². The molecule has 0 aromatic heterocycles. The SMILES string of the molecule is CCS(=O)(=O)Nc1ccccc1C(=O)N1CCC(C(=O)O)(C(F)(F)F)C1. The summed E-state index contributed by atoms with van der Waals surface area (Å²) in [6.07, 6.45) is -5.78. The molecule has 1 atom stereocenters. The maximum Gasteiger partial charge on any atom is 0.406 e. The van der Waals surface area contributed by atoms with Crippen LogP contribution in [0.1, 0.15) is 23.7 Å². The Morgan fingerprint density at radius 3 is 2.42 bits per heavy atom. The van der Waals surface area contributed by atoms with Crippen LogP contribution in [0, 0.1) is 5.41 Å². The molecule has 1 unspecified atom stereocenters. The molecule has 1 aromatic carbocycles. The van der Waals surface area contributed by atoms with Crippen molar-refractivity contribution >= 4 is 27.6 Å². The fraction of sp³-hybridized carbons (Fsp3) is 0.467. The van der Waals surface area contributed by atoms with Crippen molar-refractivity contribution in [3.8, 4) is 0 Å². The zero-order chi connectivity index (χ0) is 19.8. The van der Waals surface area contributed by atoms with E-state index < -0.39 is 53.0 Å². The summed E-state index contributed by atoms with van der Waals surface area (Å²) in [5.74, 6) is -3.16. The van der Waals surface area contributed by atoms with Crippen LogP contribution in [-0.4, -0.2) is 55.3 Å². The Kier molecular flexibility index (Phi) is 5.22. The van der Waals surface area contributed by atoms with Crippen LogP contribution < -0.4 is 4.72 Å². The lowest BCUT2D eigenvalue weighted by atomic mass is 9.86. The predicted octanol–water partition coefficient (Wildman–Crippen LogP) is 1.93. The van der Waals surface area contributed by atoms with E-state index in [0.717, 1.165) is 4.90 Å². The quantitative estimate of drug-likeness (QED) is 0.794. The molecule has 26 heavy (non-hydrogen) atoms. The lowest BCUT2D eigenvalue weighted by molar-refractivity contribution is -0.227. The molecule has 11 heteroatoms. The van der Waals surface area contributed by atoms with Gasteiger partial charge in [0.05, 0.1) is 17.0 Å². The first kappa shape index (κ1) is 20.0. The molecule has 1 aliphatic heterocycles. The first-order chi connectivity index (χ1) is 11.9. The van der Waals surface area contributed by atoms with Crippen LogP contribution in [0.5, 0.6) is 0 Å². The number of nitrogens with one attached hydrogen (secondary N) is 1. The van der Waals surface area contributed by atoms with E-state index in [2.05, 4.69) is 4.72 Å². The average Bonchev–Trinajstić information content (AvgIpc) is 3.01. The number of amides is 1. The Balaban J connectivity index is 2.33. The fourth-order valence-electron chi connectivity index (χ4n) is 2.68. The Morgan fingerprint density at radius 1 is 1.31 bits per heavy atom. The van der Waals surface area contributed by atoms with Gasteiger partial charge in [0, 0.05) is 13.1 Å².